The van der Waals surface area contributed by atoms with Gasteiger partial charge in [0.2, 0.25) is 11.2 Å². The van der Waals surface area contributed by atoms with Gasteiger partial charge in [-0.2, -0.15) is 15.0 Å². The highest BCUT2D eigenvalue weighted by atomic mass is 35.5. The summed E-state index contributed by atoms with van der Waals surface area (Å²) in [5.74, 6) is 2.14. The molecule has 2 rings (SSSR count). The van der Waals surface area contributed by atoms with Crippen molar-refractivity contribution in [1.82, 2.24) is 24.5 Å². The van der Waals surface area contributed by atoms with E-state index in [2.05, 4.69) is 33.8 Å². The Morgan fingerprint density at radius 2 is 2.17 bits per heavy atom. The standard InChI is InChI=1S/C11H14ClN5S/c1-8(2)3-6-18-11-15-9(12)14-10(16-11)17-5-4-13-7-17/h4-5,7-8H,3,6H2,1-2H3. The summed E-state index contributed by atoms with van der Waals surface area (Å²) in [4.78, 5) is 16.5. The third-order valence-corrected chi connectivity index (χ3v) is 3.29. The average Bonchev–Trinajstić information content (AvgIpc) is 2.81. The number of hydrogen-bond donors (Lipinski definition) is 0. The van der Waals surface area contributed by atoms with Crippen LogP contribution in [0, 0.1) is 5.92 Å². The van der Waals surface area contributed by atoms with Crippen molar-refractivity contribution in [2.75, 3.05) is 5.75 Å². The van der Waals surface area contributed by atoms with E-state index in [-0.39, 0.29) is 5.28 Å². The third-order valence-electron chi connectivity index (χ3n) is 2.24. The Hall–Kier alpha value is -1.14. The van der Waals surface area contributed by atoms with Crippen LogP contribution < -0.4 is 0 Å². The van der Waals surface area contributed by atoms with Crippen molar-refractivity contribution in [2.45, 2.75) is 25.4 Å². The molecule has 5 nitrogen and oxygen atoms in total. The molecule has 0 aliphatic rings. The van der Waals surface area contributed by atoms with Crippen LogP contribution in [0.5, 0.6) is 0 Å². The number of thioether (sulfide) groups is 1. The quantitative estimate of drug-likeness (QED) is 0.790. The van der Waals surface area contributed by atoms with Gasteiger partial charge in [0.25, 0.3) is 0 Å². The van der Waals surface area contributed by atoms with E-state index in [1.165, 1.54) is 0 Å². The molecule has 0 saturated heterocycles. The minimum absolute atomic E-state index is 0.209. The summed E-state index contributed by atoms with van der Waals surface area (Å²) in [6.07, 6.45) is 6.19. The molecule has 2 aromatic rings. The molecule has 96 valence electrons. The molecule has 0 aliphatic carbocycles. The van der Waals surface area contributed by atoms with Gasteiger partial charge < -0.3 is 0 Å². The van der Waals surface area contributed by atoms with Gasteiger partial charge in [-0.15, -0.1) is 0 Å². The largest absolute Gasteiger partial charge is 0.274 e. The molecule has 0 aliphatic heterocycles. The van der Waals surface area contributed by atoms with Gasteiger partial charge in [0.15, 0.2) is 5.16 Å². The molecule has 0 spiro atoms. The van der Waals surface area contributed by atoms with Crippen LogP contribution in [0.1, 0.15) is 20.3 Å². The molecule has 0 bridgehead atoms. The molecule has 0 amide bonds. The average molecular weight is 284 g/mol. The van der Waals surface area contributed by atoms with Gasteiger partial charge in [0.1, 0.15) is 6.33 Å². The minimum Gasteiger partial charge on any atom is -0.274 e. The summed E-state index contributed by atoms with van der Waals surface area (Å²) >= 11 is 7.49. The zero-order valence-corrected chi connectivity index (χ0v) is 11.8. The summed E-state index contributed by atoms with van der Waals surface area (Å²) in [6, 6.07) is 0. The molecule has 0 unspecified atom stereocenters. The van der Waals surface area contributed by atoms with Crippen molar-refractivity contribution in [3.8, 4) is 5.95 Å². The summed E-state index contributed by atoms with van der Waals surface area (Å²) in [5.41, 5.74) is 0. The second-order valence-corrected chi connectivity index (χ2v) is 5.59. The van der Waals surface area contributed by atoms with Gasteiger partial charge in [0, 0.05) is 18.1 Å². The Kier molecular flexibility index (Phi) is 4.54. The smallest absolute Gasteiger partial charge is 0.240 e. The van der Waals surface area contributed by atoms with Gasteiger partial charge in [-0.1, -0.05) is 25.6 Å². The van der Waals surface area contributed by atoms with E-state index in [1.54, 1.807) is 35.0 Å². The van der Waals surface area contributed by atoms with Crippen LogP contribution in [0.25, 0.3) is 5.95 Å². The number of nitrogens with zero attached hydrogens (tertiary/aromatic N) is 5. The molecule has 2 heterocycles. The molecule has 0 saturated carbocycles. The predicted octanol–water partition coefficient (Wildman–Crippen LogP) is 2.85. The van der Waals surface area contributed by atoms with Gasteiger partial charge in [-0.25, -0.2) is 4.98 Å². The van der Waals surface area contributed by atoms with Crippen LogP contribution in [0.3, 0.4) is 0 Å². The second-order valence-electron chi connectivity index (χ2n) is 4.19. The molecule has 0 atom stereocenters. The molecular formula is C11H14ClN5S. The molecule has 0 fully saturated rings. The fourth-order valence-corrected chi connectivity index (χ4v) is 2.54. The fourth-order valence-electron chi connectivity index (χ4n) is 1.27. The van der Waals surface area contributed by atoms with Crippen LogP contribution in [-0.2, 0) is 0 Å². The summed E-state index contributed by atoms with van der Waals surface area (Å²) < 4.78 is 1.71. The Morgan fingerprint density at radius 3 is 2.83 bits per heavy atom. The van der Waals surface area contributed by atoms with E-state index in [0.29, 0.717) is 17.0 Å². The van der Waals surface area contributed by atoms with E-state index >= 15 is 0 Å². The Balaban J connectivity index is 2.12. The third kappa shape index (κ3) is 3.68. The molecular weight excluding hydrogens is 270 g/mol. The van der Waals surface area contributed by atoms with Crippen LogP contribution in [0.15, 0.2) is 23.9 Å². The zero-order chi connectivity index (χ0) is 13.0. The van der Waals surface area contributed by atoms with Gasteiger partial charge in [-0.05, 0) is 23.9 Å². The van der Waals surface area contributed by atoms with E-state index in [1.807, 2.05) is 0 Å². The number of aromatic nitrogens is 5. The lowest BCUT2D eigenvalue weighted by atomic mass is 10.2. The van der Waals surface area contributed by atoms with Crippen molar-refractivity contribution in [3.63, 3.8) is 0 Å². The van der Waals surface area contributed by atoms with Gasteiger partial charge >= 0.3 is 0 Å². The first-order valence-corrected chi connectivity index (χ1v) is 7.04. The summed E-state index contributed by atoms with van der Waals surface area (Å²) in [5, 5.41) is 0.861. The molecule has 0 N–H and O–H groups in total. The van der Waals surface area contributed by atoms with Gasteiger partial charge in [0.05, 0.1) is 0 Å². The van der Waals surface area contributed by atoms with Gasteiger partial charge in [-0.3, -0.25) is 4.57 Å². The number of halogens is 1. The number of imidazole rings is 1. The van der Waals surface area contributed by atoms with Crippen LogP contribution in [0.4, 0.5) is 0 Å². The lowest BCUT2D eigenvalue weighted by Gasteiger charge is -2.05. The maximum absolute atomic E-state index is 5.90. The Bertz CT molecular complexity index is 500. The highest BCUT2D eigenvalue weighted by molar-refractivity contribution is 7.99. The summed E-state index contributed by atoms with van der Waals surface area (Å²) in [7, 11) is 0. The van der Waals surface area contributed by atoms with Crippen molar-refractivity contribution < 1.29 is 0 Å². The van der Waals surface area contributed by atoms with Crippen LogP contribution in [-0.4, -0.2) is 30.3 Å². The molecule has 0 radical (unpaired) electrons. The number of hydrogen-bond acceptors (Lipinski definition) is 5. The minimum atomic E-state index is 0.209. The zero-order valence-electron chi connectivity index (χ0n) is 10.2. The van der Waals surface area contributed by atoms with E-state index in [4.69, 9.17) is 11.6 Å². The monoisotopic (exact) mass is 283 g/mol. The summed E-state index contributed by atoms with van der Waals surface area (Å²) in [6.45, 7) is 4.38. The molecule has 0 aromatic carbocycles. The highest BCUT2D eigenvalue weighted by Crippen LogP contribution is 2.18. The highest BCUT2D eigenvalue weighted by Gasteiger charge is 2.07. The SMILES string of the molecule is CC(C)CCSc1nc(Cl)nc(-n2ccnc2)n1. The first-order chi connectivity index (χ1) is 8.65. The first-order valence-electron chi connectivity index (χ1n) is 5.68. The second kappa shape index (κ2) is 6.15. The van der Waals surface area contributed by atoms with Crippen molar-refractivity contribution in [1.29, 1.82) is 0 Å². The lowest BCUT2D eigenvalue weighted by Crippen LogP contribution is -2.03. The van der Waals surface area contributed by atoms with E-state index < -0.39 is 0 Å². The Labute approximate surface area is 115 Å². The first kappa shape index (κ1) is 13.3. The van der Waals surface area contributed by atoms with E-state index in [0.717, 1.165) is 12.2 Å². The molecule has 18 heavy (non-hydrogen) atoms. The maximum atomic E-state index is 5.90. The fraction of sp³-hybridized carbons (Fsp3) is 0.455. The molecule has 7 heteroatoms. The maximum Gasteiger partial charge on any atom is 0.240 e. The topological polar surface area (TPSA) is 56.5 Å². The van der Waals surface area contributed by atoms with E-state index in [9.17, 15) is 0 Å². The van der Waals surface area contributed by atoms with Crippen molar-refractivity contribution >= 4 is 23.4 Å². The normalized spacial score (nSPS) is 11.1. The van der Waals surface area contributed by atoms with Crippen LogP contribution in [0.2, 0.25) is 5.28 Å². The van der Waals surface area contributed by atoms with Crippen molar-refractivity contribution in [2.24, 2.45) is 5.92 Å². The number of rotatable bonds is 5. The lowest BCUT2D eigenvalue weighted by molar-refractivity contribution is 0.631. The Morgan fingerprint density at radius 1 is 1.33 bits per heavy atom. The van der Waals surface area contributed by atoms with Crippen LogP contribution >= 0.6 is 23.4 Å². The molecule has 2 aromatic heterocycles. The van der Waals surface area contributed by atoms with Crippen molar-refractivity contribution in [3.05, 3.63) is 24.0 Å². The predicted molar refractivity (Wildman–Crippen MR) is 72.1 cm³/mol.